The van der Waals surface area contributed by atoms with Crippen LogP contribution in [0, 0.1) is 17.7 Å². The molecular weight excluding hydrogens is 347 g/mol. The Kier molecular flexibility index (Phi) is 6.43. The molecule has 2 aliphatic carbocycles. The van der Waals surface area contributed by atoms with Crippen LogP contribution >= 0.6 is 0 Å². The topological polar surface area (TPSA) is 9.23 Å². The number of benzene rings is 1. The molecule has 2 fully saturated rings. The second-order valence-corrected chi connectivity index (χ2v) is 9.69. The zero-order valence-electron chi connectivity index (χ0n) is 17.8. The van der Waals surface area contributed by atoms with E-state index in [2.05, 4.69) is 26.0 Å². The van der Waals surface area contributed by atoms with Gasteiger partial charge in [-0.1, -0.05) is 38.8 Å². The molecule has 1 nitrogen and oxygen atoms in total. The Hall–Kier alpha value is -1.31. The van der Waals surface area contributed by atoms with Gasteiger partial charge in [-0.15, -0.1) is 0 Å². The van der Waals surface area contributed by atoms with Gasteiger partial charge in [-0.25, -0.2) is 4.39 Å². The standard InChI is InChI=1S/C26H37FO/c1-3-19-6-15-26(28-17-19)22-11-9-21(10-12-22)24-14-13-23(16-25(24)27)20-7-4-18(2)5-8-20/h13-14,16-18,20-22,26H,3-12,15H2,1-2H3. The van der Waals surface area contributed by atoms with Crippen LogP contribution < -0.4 is 0 Å². The monoisotopic (exact) mass is 384 g/mol. The SMILES string of the molecule is CCC1=COC(C2CCC(c3ccc(C4CCC(C)CC4)cc3F)CC2)CC1. The van der Waals surface area contributed by atoms with Gasteiger partial charge < -0.3 is 4.74 Å². The van der Waals surface area contributed by atoms with Crippen LogP contribution in [0.2, 0.25) is 0 Å². The molecule has 28 heavy (non-hydrogen) atoms. The molecule has 2 saturated carbocycles. The van der Waals surface area contributed by atoms with Crippen LogP contribution in [0.5, 0.6) is 0 Å². The van der Waals surface area contributed by atoms with Gasteiger partial charge >= 0.3 is 0 Å². The van der Waals surface area contributed by atoms with Crippen LogP contribution in [0.4, 0.5) is 4.39 Å². The Morgan fingerprint density at radius 3 is 2.25 bits per heavy atom. The van der Waals surface area contributed by atoms with Crippen molar-refractivity contribution in [1.29, 1.82) is 0 Å². The molecular formula is C26H37FO. The van der Waals surface area contributed by atoms with Crippen LogP contribution in [-0.4, -0.2) is 6.10 Å². The molecule has 0 amide bonds. The minimum absolute atomic E-state index is 0.0454. The third-order valence-electron chi connectivity index (χ3n) is 7.86. The van der Waals surface area contributed by atoms with Crippen molar-refractivity contribution in [3.8, 4) is 0 Å². The molecule has 0 N–H and O–H groups in total. The summed E-state index contributed by atoms with van der Waals surface area (Å²) in [5.74, 6) is 2.50. The van der Waals surface area contributed by atoms with Gasteiger partial charge in [-0.05, 0) is 104 Å². The van der Waals surface area contributed by atoms with E-state index in [9.17, 15) is 4.39 Å². The molecule has 0 radical (unpaired) electrons. The van der Waals surface area contributed by atoms with Crippen LogP contribution in [0.1, 0.15) is 107 Å². The molecule has 4 rings (SSSR count). The second-order valence-electron chi connectivity index (χ2n) is 9.69. The fourth-order valence-electron chi connectivity index (χ4n) is 5.77. The molecule has 2 heteroatoms. The Balaban J connectivity index is 1.34. The first-order valence-corrected chi connectivity index (χ1v) is 11.8. The molecule has 3 aliphatic rings. The summed E-state index contributed by atoms with van der Waals surface area (Å²) >= 11 is 0. The molecule has 154 valence electrons. The van der Waals surface area contributed by atoms with Crippen molar-refractivity contribution in [3.05, 3.63) is 47.0 Å². The van der Waals surface area contributed by atoms with Gasteiger partial charge in [0, 0.05) is 0 Å². The number of hydrogen-bond acceptors (Lipinski definition) is 1. The molecule has 0 aromatic heterocycles. The lowest BCUT2D eigenvalue weighted by Gasteiger charge is -2.35. The Morgan fingerprint density at radius 1 is 0.929 bits per heavy atom. The summed E-state index contributed by atoms with van der Waals surface area (Å²) in [5, 5.41) is 0. The van der Waals surface area contributed by atoms with Gasteiger partial charge in [0.2, 0.25) is 0 Å². The van der Waals surface area contributed by atoms with E-state index in [1.807, 2.05) is 12.3 Å². The molecule has 1 heterocycles. The summed E-state index contributed by atoms with van der Waals surface area (Å²) in [6, 6.07) is 6.21. The van der Waals surface area contributed by atoms with Gasteiger partial charge in [0.05, 0.1) is 6.26 Å². The highest BCUT2D eigenvalue weighted by atomic mass is 19.1. The highest BCUT2D eigenvalue weighted by Crippen LogP contribution is 2.42. The molecule has 1 aliphatic heterocycles. The van der Waals surface area contributed by atoms with Crippen LogP contribution in [0.15, 0.2) is 30.0 Å². The maximum Gasteiger partial charge on any atom is 0.126 e. The van der Waals surface area contributed by atoms with Crippen molar-refractivity contribution in [2.75, 3.05) is 0 Å². The van der Waals surface area contributed by atoms with Crippen molar-refractivity contribution in [2.45, 2.75) is 102 Å². The van der Waals surface area contributed by atoms with Gasteiger partial charge in [0.1, 0.15) is 11.9 Å². The van der Waals surface area contributed by atoms with Crippen LogP contribution in [0.3, 0.4) is 0 Å². The minimum atomic E-state index is 0.0454. The zero-order chi connectivity index (χ0) is 19.5. The Bertz CT molecular complexity index is 678. The van der Waals surface area contributed by atoms with Gasteiger partial charge in [-0.3, -0.25) is 0 Å². The van der Waals surface area contributed by atoms with Crippen molar-refractivity contribution in [1.82, 2.24) is 0 Å². The van der Waals surface area contributed by atoms with E-state index < -0.39 is 0 Å². The summed E-state index contributed by atoms with van der Waals surface area (Å²) in [5.41, 5.74) is 3.64. The molecule has 1 atom stereocenters. The first kappa shape index (κ1) is 20.0. The summed E-state index contributed by atoms with van der Waals surface area (Å²) in [4.78, 5) is 0. The quantitative estimate of drug-likeness (QED) is 0.513. The van der Waals surface area contributed by atoms with Gasteiger partial charge in [0.25, 0.3) is 0 Å². The Labute approximate surface area is 170 Å². The van der Waals surface area contributed by atoms with Gasteiger partial charge in [-0.2, -0.15) is 0 Å². The predicted molar refractivity (Wildman–Crippen MR) is 114 cm³/mol. The number of rotatable bonds is 4. The first-order valence-electron chi connectivity index (χ1n) is 11.8. The highest BCUT2D eigenvalue weighted by Gasteiger charge is 2.31. The van der Waals surface area contributed by atoms with E-state index in [1.54, 1.807) is 0 Å². The lowest BCUT2D eigenvalue weighted by Crippen LogP contribution is -2.28. The van der Waals surface area contributed by atoms with Gasteiger partial charge in [0.15, 0.2) is 0 Å². The predicted octanol–water partition coefficient (Wildman–Crippen LogP) is 7.87. The summed E-state index contributed by atoms with van der Waals surface area (Å²) < 4.78 is 21.0. The van der Waals surface area contributed by atoms with Crippen molar-refractivity contribution < 1.29 is 9.13 Å². The Morgan fingerprint density at radius 2 is 1.64 bits per heavy atom. The lowest BCUT2D eigenvalue weighted by molar-refractivity contribution is 0.0446. The average Bonchev–Trinajstić information content (AvgIpc) is 2.74. The maximum atomic E-state index is 15.0. The van der Waals surface area contributed by atoms with E-state index in [1.165, 1.54) is 56.1 Å². The summed E-state index contributed by atoms with van der Waals surface area (Å²) in [7, 11) is 0. The number of hydrogen-bond donors (Lipinski definition) is 0. The summed E-state index contributed by atoms with van der Waals surface area (Å²) in [6.07, 6.45) is 15.4. The normalized spacial score (nSPS) is 33.8. The highest BCUT2D eigenvalue weighted by molar-refractivity contribution is 5.30. The fourth-order valence-corrected chi connectivity index (χ4v) is 5.77. The largest absolute Gasteiger partial charge is 0.498 e. The van der Waals surface area contributed by atoms with Crippen molar-refractivity contribution in [2.24, 2.45) is 11.8 Å². The van der Waals surface area contributed by atoms with E-state index in [4.69, 9.17) is 4.74 Å². The fraction of sp³-hybridized carbons (Fsp3) is 0.692. The van der Waals surface area contributed by atoms with E-state index in [0.29, 0.717) is 23.9 Å². The van der Waals surface area contributed by atoms with Crippen molar-refractivity contribution in [3.63, 3.8) is 0 Å². The molecule has 1 unspecified atom stereocenters. The van der Waals surface area contributed by atoms with E-state index in [0.717, 1.165) is 37.2 Å². The third-order valence-corrected chi connectivity index (χ3v) is 7.86. The molecule has 1 aromatic rings. The minimum Gasteiger partial charge on any atom is -0.498 e. The number of allylic oxidation sites excluding steroid dienone is 1. The van der Waals surface area contributed by atoms with Crippen LogP contribution in [0.25, 0.3) is 0 Å². The lowest BCUT2D eigenvalue weighted by atomic mass is 9.74. The van der Waals surface area contributed by atoms with Crippen molar-refractivity contribution >= 4 is 0 Å². The number of halogens is 1. The molecule has 1 aromatic carbocycles. The second kappa shape index (κ2) is 9.01. The summed E-state index contributed by atoms with van der Waals surface area (Å²) in [6.45, 7) is 4.54. The molecule has 0 bridgehead atoms. The average molecular weight is 385 g/mol. The zero-order valence-corrected chi connectivity index (χ0v) is 17.8. The first-order chi connectivity index (χ1) is 13.6. The van der Waals surface area contributed by atoms with E-state index >= 15 is 0 Å². The van der Waals surface area contributed by atoms with Crippen LogP contribution in [-0.2, 0) is 4.74 Å². The smallest absolute Gasteiger partial charge is 0.126 e. The van der Waals surface area contributed by atoms with E-state index in [-0.39, 0.29) is 5.82 Å². The third kappa shape index (κ3) is 4.47. The molecule has 0 spiro atoms. The molecule has 0 saturated heterocycles. The maximum absolute atomic E-state index is 15.0. The number of ether oxygens (including phenoxy) is 1.